The van der Waals surface area contributed by atoms with Crippen molar-refractivity contribution in [3.63, 3.8) is 0 Å². The SMILES string of the molecule is CC(CNC(=O)C1CCCCC1(C)N)Oc1ccc(Cl)cc1. The molecular formula is C17H25ClN2O2. The van der Waals surface area contributed by atoms with E-state index in [-0.39, 0.29) is 17.9 Å². The molecule has 0 saturated heterocycles. The molecule has 3 unspecified atom stereocenters. The number of amides is 1. The number of nitrogens with two attached hydrogens (primary N) is 1. The number of nitrogens with one attached hydrogen (secondary N) is 1. The summed E-state index contributed by atoms with van der Waals surface area (Å²) in [5, 5.41) is 3.64. The summed E-state index contributed by atoms with van der Waals surface area (Å²) < 4.78 is 5.75. The quantitative estimate of drug-likeness (QED) is 0.874. The van der Waals surface area contributed by atoms with Crippen LogP contribution in [0.1, 0.15) is 39.5 Å². The lowest BCUT2D eigenvalue weighted by atomic mass is 9.74. The highest BCUT2D eigenvalue weighted by Gasteiger charge is 2.37. The number of carbonyl (C=O) groups is 1. The lowest BCUT2D eigenvalue weighted by Crippen LogP contribution is -2.53. The van der Waals surface area contributed by atoms with Gasteiger partial charge in [-0.1, -0.05) is 24.4 Å². The lowest BCUT2D eigenvalue weighted by molar-refractivity contribution is -0.128. The van der Waals surface area contributed by atoms with Gasteiger partial charge < -0.3 is 15.8 Å². The Kier molecular flexibility index (Phi) is 5.70. The second-order valence-corrected chi connectivity index (χ2v) is 6.87. The van der Waals surface area contributed by atoms with Gasteiger partial charge in [0.2, 0.25) is 5.91 Å². The number of carbonyl (C=O) groups excluding carboxylic acids is 1. The van der Waals surface area contributed by atoms with Crippen molar-refractivity contribution in [1.29, 1.82) is 0 Å². The molecule has 0 heterocycles. The number of rotatable bonds is 5. The number of ether oxygens (including phenoxy) is 1. The third-order valence-electron chi connectivity index (χ3n) is 4.29. The molecule has 3 N–H and O–H groups in total. The predicted molar refractivity (Wildman–Crippen MR) is 89.1 cm³/mol. The molecule has 1 saturated carbocycles. The van der Waals surface area contributed by atoms with Gasteiger partial charge in [-0.25, -0.2) is 0 Å². The maximum atomic E-state index is 12.4. The summed E-state index contributed by atoms with van der Waals surface area (Å²) in [6.45, 7) is 4.37. The standard InChI is InChI=1S/C17H25ClN2O2/c1-12(22-14-8-6-13(18)7-9-14)11-20-16(21)15-5-3-4-10-17(15,2)19/h6-9,12,15H,3-5,10-11,19H2,1-2H3,(H,20,21). The highest BCUT2D eigenvalue weighted by molar-refractivity contribution is 6.30. The zero-order valence-electron chi connectivity index (χ0n) is 13.3. The van der Waals surface area contributed by atoms with E-state index in [1.807, 2.05) is 26.0 Å². The van der Waals surface area contributed by atoms with Crippen LogP contribution in [0.4, 0.5) is 0 Å². The van der Waals surface area contributed by atoms with Crippen molar-refractivity contribution >= 4 is 17.5 Å². The highest BCUT2D eigenvalue weighted by Crippen LogP contribution is 2.31. The minimum absolute atomic E-state index is 0.0382. The maximum absolute atomic E-state index is 12.4. The first kappa shape index (κ1) is 17.1. The first-order valence-electron chi connectivity index (χ1n) is 7.87. The Morgan fingerprint density at radius 3 is 2.77 bits per heavy atom. The third kappa shape index (κ3) is 4.62. The number of hydrogen-bond donors (Lipinski definition) is 2. The molecule has 1 aliphatic rings. The van der Waals surface area contributed by atoms with E-state index < -0.39 is 5.54 Å². The van der Waals surface area contributed by atoms with Crippen molar-refractivity contribution in [2.24, 2.45) is 11.7 Å². The monoisotopic (exact) mass is 324 g/mol. The Balaban J connectivity index is 1.81. The van der Waals surface area contributed by atoms with Crippen molar-refractivity contribution in [3.05, 3.63) is 29.3 Å². The molecule has 22 heavy (non-hydrogen) atoms. The van der Waals surface area contributed by atoms with Gasteiger partial charge in [0.05, 0.1) is 12.5 Å². The zero-order chi connectivity index (χ0) is 16.2. The topological polar surface area (TPSA) is 64.4 Å². The van der Waals surface area contributed by atoms with E-state index in [1.54, 1.807) is 12.1 Å². The summed E-state index contributed by atoms with van der Waals surface area (Å²) in [5.41, 5.74) is 5.86. The van der Waals surface area contributed by atoms with E-state index in [9.17, 15) is 4.79 Å². The fourth-order valence-electron chi connectivity index (χ4n) is 2.94. The van der Waals surface area contributed by atoms with E-state index in [0.717, 1.165) is 31.4 Å². The summed E-state index contributed by atoms with van der Waals surface area (Å²) in [7, 11) is 0. The summed E-state index contributed by atoms with van der Waals surface area (Å²) in [6, 6.07) is 7.20. The lowest BCUT2D eigenvalue weighted by Gasteiger charge is -2.37. The number of hydrogen-bond acceptors (Lipinski definition) is 3. The molecule has 1 aromatic carbocycles. The Hall–Kier alpha value is -1.26. The normalized spacial score (nSPS) is 26.3. The van der Waals surface area contributed by atoms with E-state index in [1.165, 1.54) is 0 Å². The van der Waals surface area contributed by atoms with Crippen molar-refractivity contribution in [2.75, 3.05) is 6.54 Å². The molecule has 3 atom stereocenters. The molecule has 0 aliphatic heterocycles. The van der Waals surface area contributed by atoms with Crippen LogP contribution in [0.3, 0.4) is 0 Å². The average Bonchev–Trinajstić information content (AvgIpc) is 2.47. The Bertz CT molecular complexity index is 502. The largest absolute Gasteiger partial charge is 0.489 e. The van der Waals surface area contributed by atoms with Crippen molar-refractivity contribution in [1.82, 2.24) is 5.32 Å². The van der Waals surface area contributed by atoms with Crippen LogP contribution in [0.5, 0.6) is 5.75 Å². The molecule has 5 heteroatoms. The van der Waals surface area contributed by atoms with Crippen LogP contribution in [0.25, 0.3) is 0 Å². The van der Waals surface area contributed by atoms with Gasteiger partial charge in [0.25, 0.3) is 0 Å². The van der Waals surface area contributed by atoms with Crippen LogP contribution in [0.2, 0.25) is 5.02 Å². The van der Waals surface area contributed by atoms with Gasteiger partial charge in [-0.3, -0.25) is 4.79 Å². The first-order chi connectivity index (χ1) is 10.4. The molecule has 0 radical (unpaired) electrons. The zero-order valence-corrected chi connectivity index (χ0v) is 14.0. The second kappa shape index (κ2) is 7.34. The van der Waals surface area contributed by atoms with Crippen molar-refractivity contribution in [3.8, 4) is 5.75 Å². The van der Waals surface area contributed by atoms with Gasteiger partial charge in [-0.2, -0.15) is 0 Å². The first-order valence-corrected chi connectivity index (χ1v) is 8.25. The summed E-state index contributed by atoms with van der Waals surface area (Å²) in [4.78, 5) is 12.4. The summed E-state index contributed by atoms with van der Waals surface area (Å²) >= 11 is 5.84. The number of halogens is 1. The van der Waals surface area contributed by atoms with Crippen LogP contribution in [0, 0.1) is 5.92 Å². The third-order valence-corrected chi connectivity index (χ3v) is 4.54. The summed E-state index contributed by atoms with van der Waals surface area (Å²) in [5.74, 6) is 0.674. The van der Waals surface area contributed by atoms with Crippen LogP contribution < -0.4 is 15.8 Å². The van der Waals surface area contributed by atoms with Crippen LogP contribution in [-0.2, 0) is 4.79 Å². The molecule has 4 nitrogen and oxygen atoms in total. The molecule has 122 valence electrons. The fourth-order valence-corrected chi connectivity index (χ4v) is 3.07. The molecule has 1 fully saturated rings. The maximum Gasteiger partial charge on any atom is 0.225 e. The average molecular weight is 325 g/mol. The fraction of sp³-hybridized carbons (Fsp3) is 0.588. The van der Waals surface area contributed by atoms with E-state index in [0.29, 0.717) is 11.6 Å². The molecular weight excluding hydrogens is 300 g/mol. The minimum Gasteiger partial charge on any atom is -0.489 e. The molecule has 1 aliphatic carbocycles. The Morgan fingerprint density at radius 2 is 2.14 bits per heavy atom. The molecule has 1 amide bonds. The molecule has 0 aromatic heterocycles. The van der Waals surface area contributed by atoms with E-state index >= 15 is 0 Å². The van der Waals surface area contributed by atoms with Crippen LogP contribution in [-0.4, -0.2) is 24.1 Å². The van der Waals surface area contributed by atoms with Crippen LogP contribution in [0.15, 0.2) is 24.3 Å². The van der Waals surface area contributed by atoms with Gasteiger partial charge >= 0.3 is 0 Å². The van der Waals surface area contributed by atoms with E-state index in [2.05, 4.69) is 5.32 Å². The van der Waals surface area contributed by atoms with Gasteiger partial charge in [-0.15, -0.1) is 0 Å². The molecule has 0 bridgehead atoms. The van der Waals surface area contributed by atoms with Crippen LogP contribution >= 0.6 is 11.6 Å². The molecule has 0 spiro atoms. The summed E-state index contributed by atoms with van der Waals surface area (Å²) in [6.07, 6.45) is 3.83. The second-order valence-electron chi connectivity index (χ2n) is 6.43. The van der Waals surface area contributed by atoms with Gasteiger partial charge in [-0.05, 0) is 51.0 Å². The molecule has 2 rings (SSSR count). The van der Waals surface area contributed by atoms with Gasteiger partial charge in [0.1, 0.15) is 11.9 Å². The van der Waals surface area contributed by atoms with Gasteiger partial charge in [0, 0.05) is 10.6 Å². The van der Waals surface area contributed by atoms with E-state index in [4.69, 9.17) is 22.1 Å². The number of benzene rings is 1. The van der Waals surface area contributed by atoms with Crippen molar-refractivity contribution in [2.45, 2.75) is 51.2 Å². The molecule has 1 aromatic rings. The predicted octanol–water partition coefficient (Wildman–Crippen LogP) is 3.13. The van der Waals surface area contributed by atoms with Crippen molar-refractivity contribution < 1.29 is 9.53 Å². The highest BCUT2D eigenvalue weighted by atomic mass is 35.5. The Labute approximate surface area is 137 Å². The minimum atomic E-state index is -0.400. The smallest absolute Gasteiger partial charge is 0.225 e. The van der Waals surface area contributed by atoms with Gasteiger partial charge in [0.15, 0.2) is 0 Å². The Morgan fingerprint density at radius 1 is 1.45 bits per heavy atom.